The summed E-state index contributed by atoms with van der Waals surface area (Å²) in [5, 5.41) is 6.89. The van der Waals surface area contributed by atoms with Crippen molar-refractivity contribution in [3.63, 3.8) is 0 Å². The summed E-state index contributed by atoms with van der Waals surface area (Å²) < 4.78 is 7.41. The zero-order valence-corrected chi connectivity index (χ0v) is 13.7. The predicted octanol–water partition coefficient (Wildman–Crippen LogP) is 3.41. The lowest BCUT2D eigenvalue weighted by atomic mass is 9.81. The van der Waals surface area contributed by atoms with Gasteiger partial charge in [0.15, 0.2) is 0 Å². The van der Waals surface area contributed by atoms with E-state index in [0.29, 0.717) is 0 Å². The Bertz CT molecular complexity index is 536. The zero-order valence-electron chi connectivity index (χ0n) is 12.1. The zero-order chi connectivity index (χ0) is 15.5. The van der Waals surface area contributed by atoms with Crippen LogP contribution in [-0.4, -0.2) is 42.2 Å². The van der Waals surface area contributed by atoms with E-state index in [1.54, 1.807) is 0 Å². The summed E-state index contributed by atoms with van der Waals surface area (Å²) in [4.78, 5) is 10.7. The van der Waals surface area contributed by atoms with Crippen molar-refractivity contribution in [3.05, 3.63) is 34.8 Å². The first-order valence-electron chi connectivity index (χ1n) is 6.93. The van der Waals surface area contributed by atoms with Crippen LogP contribution in [0.5, 0.6) is 5.75 Å². The first-order valence-corrected chi connectivity index (χ1v) is 7.72. The van der Waals surface area contributed by atoms with E-state index in [0.717, 1.165) is 48.1 Å². The molecule has 0 atom stereocenters. The number of hydrogen-bond acceptors (Lipinski definition) is 3. The van der Waals surface area contributed by atoms with E-state index in [-0.39, 0.29) is 12.1 Å². The van der Waals surface area contributed by atoms with Crippen molar-refractivity contribution in [1.82, 2.24) is 4.90 Å². The Kier molecular flexibility index (Phi) is 5.06. The highest BCUT2D eigenvalue weighted by Gasteiger charge is 2.40. The summed E-state index contributed by atoms with van der Waals surface area (Å²) in [5.41, 5.74) is 2.36. The molecule has 0 radical (unpaired) electrons. The Morgan fingerprint density at radius 2 is 2.05 bits per heavy atom. The van der Waals surface area contributed by atoms with Gasteiger partial charge in [0, 0.05) is 42.4 Å². The van der Waals surface area contributed by atoms with Crippen molar-refractivity contribution in [2.75, 3.05) is 20.1 Å². The fourth-order valence-electron chi connectivity index (χ4n) is 2.93. The molecule has 0 unspecified atom stereocenters. The van der Waals surface area contributed by atoms with Gasteiger partial charge in [-0.2, -0.15) is 0 Å². The third-order valence-corrected chi connectivity index (χ3v) is 4.58. The highest BCUT2D eigenvalue weighted by atomic mass is 79.9. The molecule has 1 aromatic rings. The average molecular weight is 354 g/mol. The van der Waals surface area contributed by atoms with Crippen molar-refractivity contribution >= 4 is 28.0 Å². The second-order valence-corrected chi connectivity index (χ2v) is 6.53. The number of carboxylic acid groups (broad SMARTS) is 1. The fourth-order valence-corrected chi connectivity index (χ4v) is 3.29. The normalized spacial score (nSPS) is 20.0. The minimum absolute atomic E-state index is 0.00950. The molecule has 0 amide bonds. The van der Waals surface area contributed by atoms with E-state index >= 15 is 0 Å². The summed E-state index contributed by atoms with van der Waals surface area (Å²) >= 11 is 3.51. The van der Waals surface area contributed by atoms with E-state index in [9.17, 15) is 0 Å². The van der Waals surface area contributed by atoms with Gasteiger partial charge in [-0.25, -0.2) is 0 Å². The van der Waals surface area contributed by atoms with Crippen LogP contribution in [0.25, 0.3) is 5.57 Å². The van der Waals surface area contributed by atoms with E-state index in [1.165, 1.54) is 5.57 Å². The predicted molar refractivity (Wildman–Crippen MR) is 86.6 cm³/mol. The molecule has 114 valence electrons. The number of carbonyl (C=O) groups is 1. The minimum Gasteiger partial charge on any atom is -0.486 e. The molecule has 1 N–H and O–H groups in total. The van der Waals surface area contributed by atoms with E-state index < -0.39 is 0 Å². The lowest BCUT2D eigenvalue weighted by Gasteiger charge is -2.44. The van der Waals surface area contributed by atoms with Crippen molar-refractivity contribution in [2.45, 2.75) is 24.9 Å². The molecule has 21 heavy (non-hydrogen) atoms. The molecule has 5 heteroatoms. The minimum atomic E-state index is -0.250. The van der Waals surface area contributed by atoms with Crippen molar-refractivity contribution in [3.8, 4) is 5.75 Å². The van der Waals surface area contributed by atoms with Crippen LogP contribution in [0.1, 0.15) is 24.8 Å². The molecule has 1 spiro atoms. The van der Waals surface area contributed by atoms with Crippen LogP contribution < -0.4 is 4.74 Å². The summed E-state index contributed by atoms with van der Waals surface area (Å²) in [7, 11) is 2.18. The van der Waals surface area contributed by atoms with E-state index in [4.69, 9.17) is 14.6 Å². The number of fused-ring (bicyclic) bond motifs is 1. The molecule has 2 aliphatic rings. The number of likely N-dealkylation sites (tertiary alicyclic amines) is 1. The lowest BCUT2D eigenvalue weighted by molar-refractivity contribution is -0.122. The van der Waals surface area contributed by atoms with Crippen LogP contribution in [0.3, 0.4) is 0 Å². The molecule has 2 heterocycles. The second kappa shape index (κ2) is 6.62. The van der Waals surface area contributed by atoms with Gasteiger partial charge in [0.2, 0.25) is 0 Å². The van der Waals surface area contributed by atoms with Gasteiger partial charge >= 0.3 is 0 Å². The maximum Gasteiger partial charge on any atom is 0.290 e. The first kappa shape index (κ1) is 16.0. The van der Waals surface area contributed by atoms with Gasteiger partial charge in [-0.15, -0.1) is 0 Å². The number of nitrogens with zero attached hydrogens (tertiary/aromatic N) is 1. The highest BCUT2D eigenvalue weighted by molar-refractivity contribution is 9.10. The monoisotopic (exact) mass is 353 g/mol. The molecule has 1 aromatic carbocycles. The SMILES string of the molecule is C=C1CC2(CCN(C)CC2)Oc2ccc(Br)cc21.O=CO. The largest absolute Gasteiger partial charge is 0.486 e. The molecule has 0 bridgehead atoms. The molecule has 1 saturated heterocycles. The van der Waals surface area contributed by atoms with Gasteiger partial charge < -0.3 is 14.7 Å². The summed E-state index contributed by atoms with van der Waals surface area (Å²) in [6.45, 7) is 6.22. The van der Waals surface area contributed by atoms with E-state index in [1.807, 2.05) is 6.07 Å². The topological polar surface area (TPSA) is 49.8 Å². The Morgan fingerprint density at radius 1 is 1.43 bits per heavy atom. The van der Waals surface area contributed by atoms with Crippen LogP contribution in [0.15, 0.2) is 29.3 Å². The van der Waals surface area contributed by atoms with Gasteiger partial charge in [0.05, 0.1) is 0 Å². The Hall–Kier alpha value is -1.33. The number of piperidine rings is 1. The molecular formula is C16H20BrNO3. The molecular weight excluding hydrogens is 334 g/mol. The third kappa shape index (κ3) is 3.66. The average Bonchev–Trinajstić information content (AvgIpc) is 2.45. The molecule has 4 nitrogen and oxygen atoms in total. The second-order valence-electron chi connectivity index (χ2n) is 5.61. The molecule has 1 fully saturated rings. The number of hydrogen-bond donors (Lipinski definition) is 1. The van der Waals surface area contributed by atoms with Crippen LogP contribution >= 0.6 is 15.9 Å². The maximum absolute atomic E-state index is 8.36. The highest BCUT2D eigenvalue weighted by Crippen LogP contribution is 2.44. The lowest BCUT2D eigenvalue weighted by Crippen LogP contribution is -2.48. The Morgan fingerprint density at radius 3 is 2.67 bits per heavy atom. The number of benzene rings is 1. The first-order chi connectivity index (χ1) is 9.99. The van der Waals surface area contributed by atoms with Gasteiger partial charge in [-0.3, -0.25) is 4.79 Å². The molecule has 0 saturated carbocycles. The smallest absolute Gasteiger partial charge is 0.290 e. The fraction of sp³-hybridized carbons (Fsp3) is 0.438. The van der Waals surface area contributed by atoms with Gasteiger partial charge in [-0.1, -0.05) is 22.5 Å². The third-order valence-electron chi connectivity index (χ3n) is 4.08. The Balaban J connectivity index is 0.000000497. The van der Waals surface area contributed by atoms with Gasteiger partial charge in [-0.05, 0) is 30.8 Å². The van der Waals surface area contributed by atoms with Gasteiger partial charge in [0.1, 0.15) is 11.4 Å². The number of ether oxygens (including phenoxy) is 1. The number of rotatable bonds is 0. The van der Waals surface area contributed by atoms with Gasteiger partial charge in [0.25, 0.3) is 6.47 Å². The van der Waals surface area contributed by atoms with E-state index in [2.05, 4.69) is 46.6 Å². The number of halogens is 1. The van der Waals surface area contributed by atoms with Crippen LogP contribution in [0, 0.1) is 0 Å². The summed E-state index contributed by atoms with van der Waals surface area (Å²) in [5.74, 6) is 0.999. The van der Waals surface area contributed by atoms with Crippen molar-refractivity contribution in [1.29, 1.82) is 0 Å². The summed E-state index contributed by atoms with van der Waals surface area (Å²) in [6.07, 6.45) is 3.15. The molecule has 2 aliphatic heterocycles. The van der Waals surface area contributed by atoms with Crippen LogP contribution in [0.4, 0.5) is 0 Å². The van der Waals surface area contributed by atoms with Crippen LogP contribution in [0.2, 0.25) is 0 Å². The van der Waals surface area contributed by atoms with Crippen molar-refractivity contribution < 1.29 is 14.6 Å². The maximum atomic E-state index is 8.36. The Labute approximate surface area is 133 Å². The summed E-state index contributed by atoms with van der Waals surface area (Å²) in [6, 6.07) is 6.21. The van der Waals surface area contributed by atoms with Crippen LogP contribution in [-0.2, 0) is 4.79 Å². The molecule has 0 aliphatic carbocycles. The van der Waals surface area contributed by atoms with Crippen molar-refractivity contribution in [2.24, 2.45) is 0 Å². The molecule has 0 aromatic heterocycles. The quantitative estimate of drug-likeness (QED) is 0.726. The standard InChI is InChI=1S/C15H18BrNO.CH2O2/c1-11-10-15(5-7-17(2)8-6-15)18-14-4-3-12(16)9-13(11)14;2-1-3/h3-4,9H,1,5-8,10H2,2H3;1H,(H,2,3). The molecule has 3 rings (SSSR count).